The number of amides is 2. The lowest BCUT2D eigenvalue weighted by Gasteiger charge is -2.29. The van der Waals surface area contributed by atoms with Crippen molar-refractivity contribution in [2.75, 3.05) is 19.6 Å². The SMILES string of the molecule is NCC(=O)NCC(=O)N1CCc2ccc(C(=O)O)cc2C1. The van der Waals surface area contributed by atoms with Crippen LogP contribution in [0.1, 0.15) is 21.5 Å². The zero-order chi connectivity index (χ0) is 15.4. The van der Waals surface area contributed by atoms with E-state index in [4.69, 9.17) is 10.8 Å². The molecule has 21 heavy (non-hydrogen) atoms. The highest BCUT2D eigenvalue weighted by atomic mass is 16.4. The molecule has 0 spiro atoms. The third-order valence-electron chi connectivity index (χ3n) is 3.44. The van der Waals surface area contributed by atoms with Gasteiger partial charge in [0.1, 0.15) is 0 Å². The lowest BCUT2D eigenvalue weighted by Crippen LogP contribution is -2.43. The smallest absolute Gasteiger partial charge is 0.335 e. The highest BCUT2D eigenvalue weighted by molar-refractivity contribution is 5.88. The average molecular weight is 291 g/mol. The molecule has 4 N–H and O–H groups in total. The number of nitrogens with two attached hydrogens (primary N) is 1. The van der Waals surface area contributed by atoms with Gasteiger partial charge >= 0.3 is 5.97 Å². The number of benzene rings is 1. The van der Waals surface area contributed by atoms with Crippen LogP contribution in [-0.2, 0) is 22.6 Å². The Morgan fingerprint density at radius 3 is 2.71 bits per heavy atom. The van der Waals surface area contributed by atoms with Crippen molar-refractivity contribution >= 4 is 17.8 Å². The van der Waals surface area contributed by atoms with Gasteiger partial charge in [-0.2, -0.15) is 0 Å². The predicted octanol–water partition coefficient (Wildman–Crippen LogP) is -0.656. The van der Waals surface area contributed by atoms with E-state index in [0.717, 1.165) is 11.1 Å². The van der Waals surface area contributed by atoms with Crippen LogP contribution in [0.5, 0.6) is 0 Å². The van der Waals surface area contributed by atoms with Gasteiger partial charge in [-0.25, -0.2) is 4.79 Å². The Morgan fingerprint density at radius 1 is 1.29 bits per heavy atom. The molecule has 2 rings (SSSR count). The molecule has 112 valence electrons. The van der Waals surface area contributed by atoms with Crippen LogP contribution in [0.3, 0.4) is 0 Å². The molecule has 1 aliphatic rings. The fourth-order valence-corrected chi connectivity index (χ4v) is 2.26. The second-order valence-corrected chi connectivity index (χ2v) is 4.83. The second-order valence-electron chi connectivity index (χ2n) is 4.83. The van der Waals surface area contributed by atoms with Crippen molar-refractivity contribution in [3.63, 3.8) is 0 Å². The fourth-order valence-electron chi connectivity index (χ4n) is 2.26. The maximum absolute atomic E-state index is 12.0. The number of carbonyl (C=O) groups is 3. The summed E-state index contributed by atoms with van der Waals surface area (Å²) in [5.74, 6) is -1.58. The fraction of sp³-hybridized carbons (Fsp3) is 0.357. The van der Waals surface area contributed by atoms with Gasteiger partial charge in [0.05, 0.1) is 18.7 Å². The van der Waals surface area contributed by atoms with Crippen LogP contribution in [0, 0.1) is 0 Å². The van der Waals surface area contributed by atoms with Crippen molar-refractivity contribution in [3.05, 3.63) is 34.9 Å². The van der Waals surface area contributed by atoms with Gasteiger partial charge in [0.15, 0.2) is 0 Å². The molecule has 0 saturated carbocycles. The van der Waals surface area contributed by atoms with Gasteiger partial charge in [-0.3, -0.25) is 9.59 Å². The van der Waals surface area contributed by atoms with E-state index >= 15 is 0 Å². The summed E-state index contributed by atoms with van der Waals surface area (Å²) < 4.78 is 0. The van der Waals surface area contributed by atoms with Crippen molar-refractivity contribution in [2.45, 2.75) is 13.0 Å². The van der Waals surface area contributed by atoms with Gasteiger partial charge in [0, 0.05) is 13.1 Å². The molecule has 1 aliphatic heterocycles. The Morgan fingerprint density at radius 2 is 2.05 bits per heavy atom. The Bertz CT molecular complexity index is 586. The van der Waals surface area contributed by atoms with Crippen LogP contribution >= 0.6 is 0 Å². The monoisotopic (exact) mass is 291 g/mol. The molecular weight excluding hydrogens is 274 g/mol. The molecule has 1 heterocycles. The van der Waals surface area contributed by atoms with Gasteiger partial charge < -0.3 is 21.1 Å². The first-order valence-corrected chi connectivity index (χ1v) is 6.61. The van der Waals surface area contributed by atoms with Gasteiger partial charge in [0.2, 0.25) is 11.8 Å². The van der Waals surface area contributed by atoms with E-state index < -0.39 is 5.97 Å². The van der Waals surface area contributed by atoms with E-state index in [1.165, 1.54) is 0 Å². The van der Waals surface area contributed by atoms with Crippen LogP contribution in [0.15, 0.2) is 18.2 Å². The Hall–Kier alpha value is -2.41. The minimum Gasteiger partial charge on any atom is -0.478 e. The third-order valence-corrected chi connectivity index (χ3v) is 3.44. The molecule has 0 bridgehead atoms. The third kappa shape index (κ3) is 3.57. The normalized spacial score (nSPS) is 13.5. The zero-order valence-electron chi connectivity index (χ0n) is 11.5. The predicted molar refractivity (Wildman–Crippen MR) is 74.6 cm³/mol. The summed E-state index contributed by atoms with van der Waals surface area (Å²) in [5.41, 5.74) is 7.24. The number of carboxylic acids is 1. The number of aromatic carboxylic acids is 1. The van der Waals surface area contributed by atoms with E-state index in [-0.39, 0.29) is 30.5 Å². The standard InChI is InChI=1S/C14H17N3O4/c15-6-12(18)16-7-13(19)17-4-3-9-1-2-10(14(20)21)5-11(9)8-17/h1-2,5H,3-4,6-8,15H2,(H,16,18)(H,20,21). The molecular formula is C14H17N3O4. The summed E-state index contributed by atoms with van der Waals surface area (Å²) in [7, 11) is 0. The van der Waals surface area contributed by atoms with Crippen molar-refractivity contribution in [3.8, 4) is 0 Å². The lowest BCUT2D eigenvalue weighted by molar-refractivity contribution is -0.133. The van der Waals surface area contributed by atoms with Crippen LogP contribution in [0.2, 0.25) is 0 Å². The molecule has 2 amide bonds. The molecule has 7 heteroatoms. The van der Waals surface area contributed by atoms with Crippen molar-refractivity contribution in [2.24, 2.45) is 5.73 Å². The molecule has 0 saturated heterocycles. The number of carboxylic acid groups (broad SMARTS) is 1. The number of hydrogen-bond donors (Lipinski definition) is 3. The average Bonchev–Trinajstić information content (AvgIpc) is 2.50. The van der Waals surface area contributed by atoms with E-state index in [1.54, 1.807) is 23.1 Å². The maximum atomic E-state index is 12.0. The molecule has 1 aromatic carbocycles. The minimum atomic E-state index is -0.989. The first kappa shape index (κ1) is 15.0. The quantitative estimate of drug-likeness (QED) is 0.682. The molecule has 0 aromatic heterocycles. The van der Waals surface area contributed by atoms with Crippen LogP contribution in [-0.4, -0.2) is 47.4 Å². The van der Waals surface area contributed by atoms with Gasteiger partial charge in [-0.15, -0.1) is 0 Å². The molecule has 0 aliphatic carbocycles. The first-order valence-electron chi connectivity index (χ1n) is 6.61. The maximum Gasteiger partial charge on any atom is 0.335 e. The largest absolute Gasteiger partial charge is 0.478 e. The lowest BCUT2D eigenvalue weighted by atomic mass is 9.97. The number of rotatable bonds is 4. The second kappa shape index (κ2) is 6.36. The summed E-state index contributed by atoms with van der Waals surface area (Å²) in [5, 5.41) is 11.4. The van der Waals surface area contributed by atoms with E-state index in [2.05, 4.69) is 5.32 Å². The molecule has 0 unspecified atom stereocenters. The first-order chi connectivity index (χ1) is 10.0. The Kier molecular flexibility index (Phi) is 4.54. The van der Waals surface area contributed by atoms with E-state index in [9.17, 15) is 14.4 Å². The van der Waals surface area contributed by atoms with Crippen LogP contribution in [0.4, 0.5) is 0 Å². The van der Waals surface area contributed by atoms with Crippen LogP contribution in [0.25, 0.3) is 0 Å². The highest BCUT2D eigenvalue weighted by Gasteiger charge is 2.21. The van der Waals surface area contributed by atoms with E-state index in [1.807, 2.05) is 0 Å². The summed E-state index contributed by atoms with van der Waals surface area (Å²) >= 11 is 0. The van der Waals surface area contributed by atoms with Gasteiger partial charge in [0.25, 0.3) is 0 Å². The number of nitrogens with zero attached hydrogens (tertiary/aromatic N) is 1. The number of carbonyl (C=O) groups excluding carboxylic acids is 2. The topological polar surface area (TPSA) is 113 Å². The van der Waals surface area contributed by atoms with Crippen molar-refractivity contribution in [1.82, 2.24) is 10.2 Å². The summed E-state index contributed by atoms with van der Waals surface area (Å²) in [4.78, 5) is 35.6. The number of hydrogen-bond acceptors (Lipinski definition) is 4. The molecule has 1 aromatic rings. The van der Waals surface area contributed by atoms with Gasteiger partial charge in [-0.1, -0.05) is 6.07 Å². The highest BCUT2D eigenvalue weighted by Crippen LogP contribution is 2.20. The molecule has 0 atom stereocenters. The van der Waals surface area contributed by atoms with Crippen LogP contribution < -0.4 is 11.1 Å². The summed E-state index contributed by atoms with van der Waals surface area (Å²) in [6, 6.07) is 4.95. The number of fused-ring (bicyclic) bond motifs is 1. The number of nitrogens with one attached hydrogen (secondary N) is 1. The molecule has 7 nitrogen and oxygen atoms in total. The summed E-state index contributed by atoms with van der Waals surface area (Å²) in [6.07, 6.45) is 0.672. The van der Waals surface area contributed by atoms with Crippen molar-refractivity contribution < 1.29 is 19.5 Å². The zero-order valence-corrected chi connectivity index (χ0v) is 11.5. The molecule has 0 fully saturated rings. The van der Waals surface area contributed by atoms with Crippen molar-refractivity contribution in [1.29, 1.82) is 0 Å². The molecule has 0 radical (unpaired) electrons. The minimum absolute atomic E-state index is 0.0933. The van der Waals surface area contributed by atoms with Gasteiger partial charge in [-0.05, 0) is 29.7 Å². The Labute approximate surface area is 121 Å². The summed E-state index contributed by atoms with van der Waals surface area (Å²) in [6.45, 7) is 0.659. The van der Waals surface area contributed by atoms with E-state index in [0.29, 0.717) is 19.5 Å². The Balaban J connectivity index is 2.04.